The van der Waals surface area contributed by atoms with Gasteiger partial charge in [0.1, 0.15) is 0 Å². The minimum atomic E-state index is -0.399. The normalized spacial score (nSPS) is 15.3. The SMILES string of the molecule is Cl.Cn1c(=O)oc2cc(NC(=O)CCC3CCNCC3)ccc21. The smallest absolute Gasteiger partial charge is 0.408 e. The number of aromatic nitrogens is 1. The molecule has 7 heteroatoms. The molecule has 23 heavy (non-hydrogen) atoms. The zero-order valence-electron chi connectivity index (χ0n) is 13.1. The Labute approximate surface area is 140 Å². The average Bonchev–Trinajstić information content (AvgIpc) is 2.81. The Hall–Kier alpha value is -1.79. The molecular formula is C16H22ClN3O3. The summed E-state index contributed by atoms with van der Waals surface area (Å²) >= 11 is 0. The zero-order valence-corrected chi connectivity index (χ0v) is 13.9. The molecule has 2 heterocycles. The van der Waals surface area contributed by atoms with Gasteiger partial charge in [-0.25, -0.2) is 4.79 Å². The van der Waals surface area contributed by atoms with Gasteiger partial charge in [0.15, 0.2) is 5.58 Å². The highest BCUT2D eigenvalue weighted by Crippen LogP contribution is 2.20. The second-order valence-corrected chi connectivity index (χ2v) is 5.89. The molecule has 0 aliphatic carbocycles. The molecule has 1 fully saturated rings. The van der Waals surface area contributed by atoms with Crippen molar-refractivity contribution in [2.24, 2.45) is 13.0 Å². The Morgan fingerprint density at radius 3 is 2.87 bits per heavy atom. The first-order chi connectivity index (χ1) is 10.6. The maximum absolute atomic E-state index is 12.0. The molecule has 1 aliphatic rings. The zero-order chi connectivity index (χ0) is 15.5. The number of hydrogen-bond acceptors (Lipinski definition) is 4. The van der Waals surface area contributed by atoms with Crippen LogP contribution in [-0.4, -0.2) is 23.6 Å². The summed E-state index contributed by atoms with van der Waals surface area (Å²) in [7, 11) is 1.66. The number of carbonyl (C=O) groups is 1. The maximum Gasteiger partial charge on any atom is 0.419 e. The van der Waals surface area contributed by atoms with E-state index in [0.717, 1.165) is 37.9 Å². The lowest BCUT2D eigenvalue weighted by molar-refractivity contribution is -0.116. The van der Waals surface area contributed by atoms with Gasteiger partial charge in [-0.05, 0) is 50.4 Å². The van der Waals surface area contributed by atoms with Crippen LogP contribution in [0.1, 0.15) is 25.7 Å². The topological polar surface area (TPSA) is 76.3 Å². The van der Waals surface area contributed by atoms with Gasteiger partial charge in [-0.3, -0.25) is 9.36 Å². The molecule has 2 N–H and O–H groups in total. The van der Waals surface area contributed by atoms with Crippen molar-refractivity contribution in [2.75, 3.05) is 18.4 Å². The van der Waals surface area contributed by atoms with Crippen molar-refractivity contribution in [1.29, 1.82) is 0 Å². The monoisotopic (exact) mass is 339 g/mol. The summed E-state index contributed by atoms with van der Waals surface area (Å²) in [6, 6.07) is 5.27. The third-order valence-corrected chi connectivity index (χ3v) is 4.31. The van der Waals surface area contributed by atoms with Crippen LogP contribution < -0.4 is 16.4 Å². The van der Waals surface area contributed by atoms with Crippen molar-refractivity contribution in [2.45, 2.75) is 25.7 Å². The van der Waals surface area contributed by atoms with Gasteiger partial charge in [-0.15, -0.1) is 12.4 Å². The number of benzene rings is 1. The number of oxazole rings is 1. The van der Waals surface area contributed by atoms with E-state index in [1.54, 1.807) is 25.2 Å². The van der Waals surface area contributed by atoms with Crippen molar-refractivity contribution < 1.29 is 9.21 Å². The van der Waals surface area contributed by atoms with Gasteiger partial charge in [-0.2, -0.15) is 0 Å². The molecule has 0 atom stereocenters. The third-order valence-electron chi connectivity index (χ3n) is 4.31. The first-order valence-electron chi connectivity index (χ1n) is 7.73. The summed E-state index contributed by atoms with van der Waals surface area (Å²) in [6.07, 6.45) is 3.75. The van der Waals surface area contributed by atoms with E-state index in [1.165, 1.54) is 4.57 Å². The van der Waals surface area contributed by atoms with Crippen molar-refractivity contribution in [3.63, 3.8) is 0 Å². The molecule has 126 valence electrons. The molecule has 3 rings (SSSR count). The van der Waals surface area contributed by atoms with Crippen LogP contribution in [-0.2, 0) is 11.8 Å². The fraction of sp³-hybridized carbons (Fsp3) is 0.500. The Bertz CT molecular complexity index is 732. The minimum absolute atomic E-state index is 0. The largest absolute Gasteiger partial charge is 0.419 e. The Morgan fingerprint density at radius 1 is 1.39 bits per heavy atom. The van der Waals surface area contributed by atoms with Crippen molar-refractivity contribution in [1.82, 2.24) is 9.88 Å². The van der Waals surface area contributed by atoms with Gasteiger partial charge in [0.2, 0.25) is 5.91 Å². The lowest BCUT2D eigenvalue weighted by Crippen LogP contribution is -2.28. The number of nitrogens with zero attached hydrogens (tertiary/aromatic N) is 1. The number of amides is 1. The Morgan fingerprint density at radius 2 is 2.13 bits per heavy atom. The number of halogens is 1. The number of nitrogens with one attached hydrogen (secondary N) is 2. The number of anilines is 1. The van der Waals surface area contributed by atoms with Crippen LogP contribution in [0.15, 0.2) is 27.4 Å². The second kappa shape index (κ2) is 7.66. The molecular weight excluding hydrogens is 318 g/mol. The van der Waals surface area contributed by atoms with Gasteiger partial charge in [0, 0.05) is 25.2 Å². The van der Waals surface area contributed by atoms with Crippen LogP contribution in [0.3, 0.4) is 0 Å². The summed E-state index contributed by atoms with van der Waals surface area (Å²) in [5.74, 6) is 0.252. The number of fused-ring (bicyclic) bond motifs is 1. The van der Waals surface area contributed by atoms with Crippen LogP contribution >= 0.6 is 12.4 Å². The van der Waals surface area contributed by atoms with Crippen molar-refractivity contribution >= 4 is 35.1 Å². The van der Waals surface area contributed by atoms with E-state index in [-0.39, 0.29) is 18.3 Å². The predicted molar refractivity (Wildman–Crippen MR) is 92.2 cm³/mol. The molecule has 0 unspecified atom stereocenters. The number of aryl methyl sites for hydroxylation is 1. The van der Waals surface area contributed by atoms with Crippen LogP contribution in [0, 0.1) is 5.92 Å². The van der Waals surface area contributed by atoms with Gasteiger partial charge >= 0.3 is 5.76 Å². The second-order valence-electron chi connectivity index (χ2n) is 5.89. The lowest BCUT2D eigenvalue weighted by atomic mass is 9.93. The standard InChI is InChI=1S/C16H21N3O3.ClH/c1-19-13-4-3-12(10-14(13)22-16(19)21)18-15(20)5-2-11-6-8-17-9-7-11;/h3-4,10-11,17H,2,5-9H2,1H3,(H,18,20);1H. The van der Waals surface area contributed by atoms with E-state index in [4.69, 9.17) is 4.42 Å². The molecule has 0 bridgehead atoms. The predicted octanol–water partition coefficient (Wildman–Crippen LogP) is 2.27. The number of piperidine rings is 1. The molecule has 0 spiro atoms. The molecule has 0 radical (unpaired) electrons. The van der Waals surface area contributed by atoms with Crippen LogP contribution in [0.5, 0.6) is 0 Å². The Balaban J connectivity index is 0.00000192. The molecule has 1 aromatic heterocycles. The van der Waals surface area contributed by atoms with E-state index in [9.17, 15) is 9.59 Å². The molecule has 1 aromatic carbocycles. The molecule has 0 saturated carbocycles. The first-order valence-corrected chi connectivity index (χ1v) is 7.73. The molecule has 6 nitrogen and oxygen atoms in total. The highest BCUT2D eigenvalue weighted by Gasteiger charge is 2.15. The van der Waals surface area contributed by atoms with E-state index < -0.39 is 5.76 Å². The van der Waals surface area contributed by atoms with Crippen molar-refractivity contribution in [3.05, 3.63) is 28.7 Å². The van der Waals surface area contributed by atoms with Crippen LogP contribution in [0.2, 0.25) is 0 Å². The fourth-order valence-electron chi connectivity index (χ4n) is 2.94. The van der Waals surface area contributed by atoms with E-state index in [1.807, 2.05) is 0 Å². The molecule has 1 amide bonds. The molecule has 2 aromatic rings. The highest BCUT2D eigenvalue weighted by molar-refractivity contribution is 5.92. The maximum atomic E-state index is 12.0. The number of hydrogen-bond donors (Lipinski definition) is 2. The quantitative estimate of drug-likeness (QED) is 0.896. The fourth-order valence-corrected chi connectivity index (χ4v) is 2.94. The average molecular weight is 340 g/mol. The van der Waals surface area contributed by atoms with Gasteiger partial charge in [0.05, 0.1) is 5.52 Å². The summed E-state index contributed by atoms with van der Waals surface area (Å²) in [5, 5.41) is 6.20. The van der Waals surface area contributed by atoms with Crippen LogP contribution in [0.4, 0.5) is 5.69 Å². The summed E-state index contributed by atoms with van der Waals surface area (Å²) in [6.45, 7) is 2.10. The van der Waals surface area contributed by atoms with E-state index >= 15 is 0 Å². The van der Waals surface area contributed by atoms with E-state index in [2.05, 4.69) is 10.6 Å². The number of rotatable bonds is 4. The summed E-state index contributed by atoms with van der Waals surface area (Å²) in [5.41, 5.74) is 1.87. The highest BCUT2D eigenvalue weighted by atomic mass is 35.5. The summed E-state index contributed by atoms with van der Waals surface area (Å²) in [4.78, 5) is 23.5. The summed E-state index contributed by atoms with van der Waals surface area (Å²) < 4.78 is 6.57. The Kier molecular flexibility index (Phi) is 5.85. The van der Waals surface area contributed by atoms with E-state index in [0.29, 0.717) is 23.6 Å². The first kappa shape index (κ1) is 17.6. The third kappa shape index (κ3) is 4.14. The number of carbonyl (C=O) groups excluding carboxylic acids is 1. The molecule has 1 saturated heterocycles. The lowest BCUT2D eigenvalue weighted by Gasteiger charge is -2.22. The van der Waals surface area contributed by atoms with Gasteiger partial charge in [0.25, 0.3) is 0 Å². The van der Waals surface area contributed by atoms with Crippen molar-refractivity contribution in [3.8, 4) is 0 Å². The minimum Gasteiger partial charge on any atom is -0.408 e. The molecule has 1 aliphatic heterocycles. The van der Waals surface area contributed by atoms with Gasteiger partial charge in [-0.1, -0.05) is 0 Å². The van der Waals surface area contributed by atoms with Gasteiger partial charge < -0.3 is 15.1 Å². The van der Waals surface area contributed by atoms with Crippen LogP contribution in [0.25, 0.3) is 11.1 Å².